The molecule has 88 valence electrons. The van der Waals surface area contributed by atoms with Crippen LogP contribution in [-0.4, -0.2) is 29.4 Å². The van der Waals surface area contributed by atoms with Crippen LogP contribution in [0.5, 0.6) is 0 Å². The van der Waals surface area contributed by atoms with Gasteiger partial charge in [0.05, 0.1) is 6.54 Å². The molecule has 0 radical (unpaired) electrons. The Balaban J connectivity index is 2.57. The molecule has 0 aromatic carbocycles. The summed E-state index contributed by atoms with van der Waals surface area (Å²) in [5, 5.41) is 0.236. The highest BCUT2D eigenvalue weighted by atomic mass is 32.2. The Bertz CT molecular complexity index is 342. The van der Waals surface area contributed by atoms with E-state index in [4.69, 9.17) is 0 Å². The van der Waals surface area contributed by atoms with E-state index < -0.39 is 0 Å². The number of hydrogen-bond acceptors (Lipinski definition) is 3. The van der Waals surface area contributed by atoms with Gasteiger partial charge in [-0.1, -0.05) is 42.5 Å². The van der Waals surface area contributed by atoms with Gasteiger partial charge in [0.15, 0.2) is 0 Å². The molecule has 0 aliphatic heterocycles. The average Bonchev–Trinajstić information content (AvgIpc) is 2.43. The van der Waals surface area contributed by atoms with Crippen LogP contribution in [0.1, 0.15) is 20.3 Å². The Hall–Kier alpha value is -0.960. The van der Waals surface area contributed by atoms with Crippen LogP contribution in [0.2, 0.25) is 0 Å². The summed E-state index contributed by atoms with van der Waals surface area (Å²) < 4.78 is 0. The second-order valence-electron chi connectivity index (χ2n) is 3.84. The second kappa shape index (κ2) is 6.59. The van der Waals surface area contributed by atoms with Gasteiger partial charge in [0.25, 0.3) is 0 Å². The lowest BCUT2D eigenvalue weighted by molar-refractivity contribution is -0.111. The fraction of sp³-hybridized carbons (Fsp3) is 0.462. The van der Waals surface area contributed by atoms with Crippen LogP contribution in [0.3, 0.4) is 0 Å². The number of carbonyl (C=O) groups excluding carboxylic acids is 1. The Morgan fingerprint density at radius 1 is 1.50 bits per heavy atom. The maximum atomic E-state index is 11.5. The first kappa shape index (κ1) is 13.1. The van der Waals surface area contributed by atoms with Gasteiger partial charge in [-0.3, -0.25) is 4.79 Å². The van der Waals surface area contributed by atoms with Crippen LogP contribution in [-0.2, 0) is 4.79 Å². The highest BCUT2D eigenvalue weighted by molar-refractivity contribution is 8.13. The van der Waals surface area contributed by atoms with Crippen LogP contribution < -0.4 is 0 Å². The van der Waals surface area contributed by atoms with E-state index in [1.165, 1.54) is 23.0 Å². The third kappa shape index (κ3) is 4.27. The first-order chi connectivity index (χ1) is 7.63. The Morgan fingerprint density at radius 3 is 2.94 bits per heavy atom. The first-order valence-corrected chi connectivity index (χ1v) is 6.52. The van der Waals surface area contributed by atoms with Crippen molar-refractivity contribution in [1.82, 2.24) is 4.90 Å². The summed E-state index contributed by atoms with van der Waals surface area (Å²) in [5.74, 6) is 0.852. The molecule has 2 nitrogen and oxygen atoms in total. The molecule has 0 N–H and O–H groups in total. The van der Waals surface area contributed by atoms with Gasteiger partial charge >= 0.3 is 0 Å². The zero-order valence-corrected chi connectivity index (χ0v) is 11.0. The average molecular weight is 237 g/mol. The Morgan fingerprint density at radius 2 is 2.25 bits per heavy atom. The summed E-state index contributed by atoms with van der Waals surface area (Å²) in [4.78, 5) is 13.5. The largest absolute Gasteiger partial charge is 0.369 e. The number of thioether (sulfide) groups is 1. The molecular weight excluding hydrogens is 218 g/mol. The number of hydrogen-bond donors (Lipinski definition) is 0. The van der Waals surface area contributed by atoms with E-state index in [2.05, 4.69) is 31.2 Å². The molecule has 16 heavy (non-hydrogen) atoms. The summed E-state index contributed by atoms with van der Waals surface area (Å²) in [5.41, 5.74) is 2.44. The zero-order chi connectivity index (χ0) is 12.0. The fourth-order valence-electron chi connectivity index (χ4n) is 1.50. The van der Waals surface area contributed by atoms with Gasteiger partial charge in [-0.2, -0.15) is 0 Å². The van der Waals surface area contributed by atoms with Crippen molar-refractivity contribution in [3.63, 3.8) is 0 Å². The lowest BCUT2D eigenvalue weighted by Gasteiger charge is -2.20. The molecule has 0 amide bonds. The van der Waals surface area contributed by atoms with E-state index >= 15 is 0 Å². The maximum absolute atomic E-state index is 11.5. The minimum absolute atomic E-state index is 0.236. The summed E-state index contributed by atoms with van der Waals surface area (Å²) >= 11 is 1.39. The van der Waals surface area contributed by atoms with E-state index in [-0.39, 0.29) is 5.12 Å². The fourth-order valence-corrected chi connectivity index (χ4v) is 2.11. The number of carbonyl (C=O) groups is 1. The SMILES string of the molecule is CCSC(=O)CN(C)C1=CC=C(C)C=CC1. The van der Waals surface area contributed by atoms with E-state index in [1.54, 1.807) is 0 Å². The van der Waals surface area contributed by atoms with Crippen molar-refractivity contribution in [3.8, 4) is 0 Å². The van der Waals surface area contributed by atoms with Gasteiger partial charge in [0, 0.05) is 19.2 Å². The molecule has 0 aromatic heterocycles. The number of rotatable bonds is 4. The standard InChI is InChI=1S/C13H19NOS/c1-4-16-13(15)10-14(3)12-7-5-6-11(2)8-9-12/h5-6,8-9H,4,7,10H2,1-3H3. The molecule has 1 aliphatic rings. The van der Waals surface area contributed by atoms with Crippen molar-refractivity contribution in [3.05, 3.63) is 35.6 Å². The molecule has 0 fully saturated rings. The van der Waals surface area contributed by atoms with E-state index in [1.807, 2.05) is 18.9 Å². The highest BCUT2D eigenvalue weighted by Crippen LogP contribution is 2.15. The van der Waals surface area contributed by atoms with Crippen molar-refractivity contribution in [2.75, 3.05) is 19.3 Å². The van der Waals surface area contributed by atoms with Crippen molar-refractivity contribution in [1.29, 1.82) is 0 Å². The molecule has 0 saturated heterocycles. The second-order valence-corrected chi connectivity index (χ2v) is 5.16. The van der Waals surface area contributed by atoms with Gasteiger partial charge in [0.1, 0.15) is 0 Å². The molecule has 1 aliphatic carbocycles. The molecular formula is C13H19NOS. The molecule has 0 atom stereocenters. The van der Waals surface area contributed by atoms with E-state index in [9.17, 15) is 4.79 Å². The molecule has 1 rings (SSSR count). The van der Waals surface area contributed by atoms with Gasteiger partial charge in [-0.15, -0.1) is 0 Å². The summed E-state index contributed by atoms with van der Waals surface area (Å²) in [7, 11) is 1.97. The van der Waals surface area contributed by atoms with Crippen LogP contribution in [0.15, 0.2) is 35.6 Å². The van der Waals surface area contributed by atoms with Crippen LogP contribution >= 0.6 is 11.8 Å². The Kier molecular flexibility index (Phi) is 5.39. The van der Waals surface area contributed by atoms with Crippen LogP contribution in [0, 0.1) is 0 Å². The van der Waals surface area contributed by atoms with Crippen LogP contribution in [0.4, 0.5) is 0 Å². The van der Waals surface area contributed by atoms with Gasteiger partial charge < -0.3 is 4.90 Å². The minimum atomic E-state index is 0.236. The number of allylic oxidation sites excluding steroid dienone is 5. The number of likely N-dealkylation sites (N-methyl/N-ethyl adjacent to an activating group) is 1. The third-order valence-electron chi connectivity index (χ3n) is 2.41. The predicted molar refractivity (Wildman–Crippen MR) is 71.4 cm³/mol. The zero-order valence-electron chi connectivity index (χ0n) is 10.2. The Labute approximate surface area is 102 Å². The molecule has 0 spiro atoms. The topological polar surface area (TPSA) is 20.3 Å². The van der Waals surface area contributed by atoms with Crippen molar-refractivity contribution in [2.45, 2.75) is 20.3 Å². The normalized spacial score (nSPS) is 15.2. The smallest absolute Gasteiger partial charge is 0.208 e. The molecule has 0 unspecified atom stereocenters. The van der Waals surface area contributed by atoms with Crippen molar-refractivity contribution < 1.29 is 4.79 Å². The predicted octanol–water partition coefficient (Wildman–Crippen LogP) is 2.99. The maximum Gasteiger partial charge on any atom is 0.208 e. The van der Waals surface area contributed by atoms with Gasteiger partial charge in [0.2, 0.25) is 5.12 Å². The first-order valence-electron chi connectivity index (χ1n) is 5.54. The highest BCUT2D eigenvalue weighted by Gasteiger charge is 2.09. The molecule has 0 bridgehead atoms. The van der Waals surface area contributed by atoms with Gasteiger partial charge in [-0.25, -0.2) is 0 Å². The third-order valence-corrected chi connectivity index (χ3v) is 3.15. The molecule has 0 saturated carbocycles. The van der Waals surface area contributed by atoms with Crippen LogP contribution in [0.25, 0.3) is 0 Å². The molecule has 3 heteroatoms. The summed E-state index contributed by atoms with van der Waals surface area (Å²) in [6, 6.07) is 0. The lowest BCUT2D eigenvalue weighted by Crippen LogP contribution is -2.23. The van der Waals surface area contributed by atoms with Crippen molar-refractivity contribution in [2.24, 2.45) is 0 Å². The summed E-state index contributed by atoms with van der Waals surface area (Å²) in [6.07, 6.45) is 9.33. The molecule has 0 aromatic rings. The van der Waals surface area contributed by atoms with Crippen molar-refractivity contribution >= 4 is 16.9 Å². The number of nitrogens with zero attached hydrogens (tertiary/aromatic N) is 1. The quantitative estimate of drug-likeness (QED) is 0.749. The van der Waals surface area contributed by atoms with Gasteiger partial charge in [-0.05, 0) is 18.8 Å². The van der Waals surface area contributed by atoms with E-state index in [0.29, 0.717) is 6.54 Å². The molecule has 0 heterocycles. The monoisotopic (exact) mass is 237 g/mol. The summed E-state index contributed by atoms with van der Waals surface area (Å²) in [6.45, 7) is 4.57. The van der Waals surface area contributed by atoms with E-state index in [0.717, 1.165) is 12.2 Å². The lowest BCUT2D eigenvalue weighted by atomic mass is 10.2. The minimum Gasteiger partial charge on any atom is -0.369 e.